The van der Waals surface area contributed by atoms with Crippen molar-refractivity contribution >= 4 is 5.78 Å². The Balaban J connectivity index is 2.22. The van der Waals surface area contributed by atoms with E-state index < -0.39 is 5.82 Å². The zero-order valence-corrected chi connectivity index (χ0v) is 9.51. The minimum absolute atomic E-state index is 0.0259. The molecule has 1 heterocycles. The number of ketones is 1. The lowest BCUT2D eigenvalue weighted by Gasteiger charge is -2.02. The van der Waals surface area contributed by atoms with Crippen LogP contribution in [0.1, 0.15) is 21.7 Å². The number of aryl methyl sites for hydroxylation is 2. The molecule has 5 nitrogen and oxygen atoms in total. The highest BCUT2D eigenvalue weighted by atomic mass is 19.1. The number of benzene rings is 1. The summed E-state index contributed by atoms with van der Waals surface area (Å²) >= 11 is 0. The highest BCUT2D eigenvalue weighted by Crippen LogP contribution is 2.12. The molecule has 0 amide bonds. The van der Waals surface area contributed by atoms with Gasteiger partial charge in [-0.3, -0.25) is 4.79 Å². The van der Waals surface area contributed by atoms with Crippen molar-refractivity contribution in [2.75, 3.05) is 0 Å². The molecular weight excluding hydrogens is 223 g/mol. The van der Waals surface area contributed by atoms with Crippen molar-refractivity contribution in [2.45, 2.75) is 13.3 Å². The number of hydrogen-bond donors (Lipinski definition) is 0. The van der Waals surface area contributed by atoms with Gasteiger partial charge in [-0.15, -0.1) is 10.2 Å². The second kappa shape index (κ2) is 4.40. The normalized spacial score (nSPS) is 10.5. The first-order valence-electron chi connectivity index (χ1n) is 5.08. The number of tetrazole rings is 1. The minimum Gasteiger partial charge on any atom is -0.294 e. The average molecular weight is 234 g/mol. The highest BCUT2D eigenvalue weighted by Gasteiger charge is 2.13. The molecule has 0 saturated carbocycles. The molecule has 88 valence electrons. The number of aromatic nitrogens is 4. The Hall–Kier alpha value is -2.11. The van der Waals surface area contributed by atoms with Crippen molar-refractivity contribution in [3.05, 3.63) is 41.0 Å². The van der Waals surface area contributed by atoms with Gasteiger partial charge in [-0.05, 0) is 29.8 Å². The van der Waals surface area contributed by atoms with Crippen molar-refractivity contribution in [1.29, 1.82) is 0 Å². The maximum atomic E-state index is 13.1. The van der Waals surface area contributed by atoms with Gasteiger partial charge in [-0.2, -0.15) is 4.80 Å². The van der Waals surface area contributed by atoms with Gasteiger partial charge in [-0.1, -0.05) is 6.07 Å². The van der Waals surface area contributed by atoms with Gasteiger partial charge in [0.2, 0.25) is 0 Å². The third-order valence-corrected chi connectivity index (χ3v) is 2.37. The summed E-state index contributed by atoms with van der Waals surface area (Å²) in [6, 6.07) is 4.13. The predicted molar refractivity (Wildman–Crippen MR) is 58.0 cm³/mol. The fourth-order valence-electron chi connectivity index (χ4n) is 1.53. The maximum Gasteiger partial charge on any atom is 0.182 e. The van der Waals surface area contributed by atoms with Crippen LogP contribution in [-0.2, 0) is 13.5 Å². The van der Waals surface area contributed by atoms with E-state index in [9.17, 15) is 9.18 Å². The Morgan fingerprint density at radius 3 is 2.88 bits per heavy atom. The summed E-state index contributed by atoms with van der Waals surface area (Å²) in [5.41, 5.74) is 1.10. The molecule has 0 radical (unpaired) electrons. The van der Waals surface area contributed by atoms with Gasteiger partial charge in [0.05, 0.1) is 13.5 Å². The molecule has 6 heteroatoms. The van der Waals surface area contributed by atoms with Crippen molar-refractivity contribution in [3.8, 4) is 0 Å². The SMILES string of the molecule is Cc1ccc(F)cc1C(=O)Cc1nnn(C)n1. The Kier molecular flexibility index (Phi) is 2.95. The average Bonchev–Trinajstić information content (AvgIpc) is 2.67. The van der Waals surface area contributed by atoms with E-state index in [0.29, 0.717) is 11.4 Å². The van der Waals surface area contributed by atoms with Crippen LogP contribution >= 0.6 is 0 Å². The molecule has 0 unspecified atom stereocenters. The second-order valence-electron chi connectivity index (χ2n) is 3.75. The van der Waals surface area contributed by atoms with Crippen molar-refractivity contribution in [1.82, 2.24) is 20.2 Å². The van der Waals surface area contributed by atoms with Crippen LogP contribution in [0.3, 0.4) is 0 Å². The number of carbonyl (C=O) groups excluding carboxylic acids is 1. The predicted octanol–water partition coefficient (Wildman–Crippen LogP) is 1.08. The number of carbonyl (C=O) groups is 1. The van der Waals surface area contributed by atoms with E-state index in [1.807, 2.05) is 0 Å². The number of nitrogens with zero attached hydrogens (tertiary/aromatic N) is 4. The summed E-state index contributed by atoms with van der Waals surface area (Å²) in [6.07, 6.45) is 0.0259. The van der Waals surface area contributed by atoms with Crippen LogP contribution in [0.2, 0.25) is 0 Å². The van der Waals surface area contributed by atoms with Gasteiger partial charge in [0, 0.05) is 5.56 Å². The fraction of sp³-hybridized carbons (Fsp3) is 0.273. The molecule has 0 N–H and O–H groups in total. The molecule has 0 atom stereocenters. The smallest absolute Gasteiger partial charge is 0.182 e. The van der Waals surface area contributed by atoms with Gasteiger partial charge in [0.15, 0.2) is 11.6 Å². The summed E-state index contributed by atoms with van der Waals surface area (Å²) in [6.45, 7) is 1.76. The quantitative estimate of drug-likeness (QED) is 0.746. The summed E-state index contributed by atoms with van der Waals surface area (Å²) in [5, 5.41) is 11.3. The van der Waals surface area contributed by atoms with E-state index in [1.165, 1.54) is 16.9 Å². The van der Waals surface area contributed by atoms with Crippen LogP contribution in [0, 0.1) is 12.7 Å². The number of Topliss-reactive ketones (excluding diaryl/α,β-unsaturated/α-hetero) is 1. The Labute approximate surface area is 97.3 Å². The summed E-state index contributed by atoms with van der Waals surface area (Å²) in [4.78, 5) is 13.2. The van der Waals surface area contributed by atoms with Crippen LogP contribution in [-0.4, -0.2) is 26.0 Å². The second-order valence-corrected chi connectivity index (χ2v) is 3.75. The van der Waals surface area contributed by atoms with Gasteiger partial charge in [-0.25, -0.2) is 4.39 Å². The van der Waals surface area contributed by atoms with E-state index in [2.05, 4.69) is 15.4 Å². The Morgan fingerprint density at radius 1 is 1.47 bits per heavy atom. The molecule has 2 rings (SSSR count). The molecule has 0 aliphatic rings. The van der Waals surface area contributed by atoms with Crippen LogP contribution in [0.5, 0.6) is 0 Å². The topological polar surface area (TPSA) is 60.7 Å². The largest absolute Gasteiger partial charge is 0.294 e. The zero-order valence-electron chi connectivity index (χ0n) is 9.51. The molecule has 0 fully saturated rings. The van der Waals surface area contributed by atoms with E-state index in [1.54, 1.807) is 20.0 Å². The third-order valence-electron chi connectivity index (χ3n) is 2.37. The number of halogens is 1. The molecule has 0 bridgehead atoms. The molecule has 0 aliphatic carbocycles. The highest BCUT2D eigenvalue weighted by molar-refractivity contribution is 5.98. The molecule has 0 aliphatic heterocycles. The lowest BCUT2D eigenvalue weighted by molar-refractivity contribution is 0.0989. The summed E-state index contributed by atoms with van der Waals surface area (Å²) in [7, 11) is 1.62. The first-order chi connectivity index (χ1) is 8.06. The summed E-state index contributed by atoms with van der Waals surface area (Å²) < 4.78 is 13.1. The molecular formula is C11H11FN4O. The van der Waals surface area contributed by atoms with E-state index >= 15 is 0 Å². The van der Waals surface area contributed by atoms with E-state index in [-0.39, 0.29) is 12.2 Å². The van der Waals surface area contributed by atoms with Crippen LogP contribution in [0.15, 0.2) is 18.2 Å². The minimum atomic E-state index is -0.425. The molecule has 17 heavy (non-hydrogen) atoms. The maximum absolute atomic E-state index is 13.1. The molecule has 0 saturated heterocycles. The summed E-state index contributed by atoms with van der Waals surface area (Å²) in [5.74, 6) is -0.304. The Morgan fingerprint density at radius 2 is 2.24 bits per heavy atom. The standard InChI is InChI=1S/C11H11FN4O/c1-7-3-4-8(12)5-9(7)10(17)6-11-13-15-16(2)14-11/h3-5H,6H2,1-2H3. The van der Waals surface area contributed by atoms with Gasteiger partial charge in [0.25, 0.3) is 0 Å². The fourth-order valence-corrected chi connectivity index (χ4v) is 1.53. The zero-order chi connectivity index (χ0) is 12.4. The van der Waals surface area contributed by atoms with Gasteiger partial charge >= 0.3 is 0 Å². The van der Waals surface area contributed by atoms with Crippen molar-refractivity contribution < 1.29 is 9.18 Å². The molecule has 2 aromatic rings. The first-order valence-corrected chi connectivity index (χ1v) is 5.08. The lowest BCUT2D eigenvalue weighted by atomic mass is 10.0. The van der Waals surface area contributed by atoms with E-state index in [0.717, 1.165) is 5.56 Å². The molecule has 1 aromatic heterocycles. The lowest BCUT2D eigenvalue weighted by Crippen LogP contribution is -2.08. The number of hydrogen-bond acceptors (Lipinski definition) is 4. The van der Waals surface area contributed by atoms with Gasteiger partial charge < -0.3 is 0 Å². The van der Waals surface area contributed by atoms with Crippen LogP contribution in [0.25, 0.3) is 0 Å². The van der Waals surface area contributed by atoms with Crippen LogP contribution < -0.4 is 0 Å². The van der Waals surface area contributed by atoms with Gasteiger partial charge in [0.1, 0.15) is 5.82 Å². The van der Waals surface area contributed by atoms with Crippen LogP contribution in [0.4, 0.5) is 4.39 Å². The molecule has 0 spiro atoms. The third kappa shape index (κ3) is 2.52. The number of rotatable bonds is 3. The monoisotopic (exact) mass is 234 g/mol. The van der Waals surface area contributed by atoms with Crippen molar-refractivity contribution in [3.63, 3.8) is 0 Å². The first kappa shape index (κ1) is 11.4. The van der Waals surface area contributed by atoms with Crippen molar-refractivity contribution in [2.24, 2.45) is 7.05 Å². The van der Waals surface area contributed by atoms with E-state index in [4.69, 9.17) is 0 Å². The molecule has 1 aromatic carbocycles. The Bertz CT molecular complexity index is 564.